The number of nitrogens with zero attached hydrogens (tertiary/aromatic N) is 3. The topological polar surface area (TPSA) is 38.7 Å². The Morgan fingerprint density at radius 2 is 0.492 bits per heavy atom. The standard InChI is InChI=1S/3C39H26NPSe/c42-41(30-13-2-1-3-14-30,38-18-8-12-27-10-5-7-16-33(27)38)31-22-19-29(20-23-31)39-34-24-21-28-11-4-6-15-32(28)36(34)26-37-35(39)17-9-25-40-37;42-41(30-13-2-1-3-14-30,38-18-8-12-27-10-5-7-16-33(27)38)31-22-19-29(20-23-31)36-26-37-32-15-6-4-11-28(32)21-24-35(37)39-34(36)17-9-25-40-39;42-41(31-14-2-1-3-15-31,37-18-8-12-27-10-4-6-16-33(27)37)32-22-19-29(20-23-32)36-26-30-13-9-25-40-39(30)38-34-17-7-5-11-28(34)21-24-35(36)38/h3*1-26H. The van der Waals surface area contributed by atoms with Crippen LogP contribution in [0.3, 0.4) is 0 Å². The van der Waals surface area contributed by atoms with Gasteiger partial charge in [0.25, 0.3) is 0 Å². The first-order chi connectivity index (χ1) is 62.1. The van der Waals surface area contributed by atoms with Gasteiger partial charge in [-0.15, -0.1) is 0 Å². The van der Waals surface area contributed by atoms with Crippen LogP contribution in [0.4, 0.5) is 0 Å². The van der Waals surface area contributed by atoms with Crippen molar-refractivity contribution in [2.75, 3.05) is 0 Å². The van der Waals surface area contributed by atoms with E-state index in [-0.39, 0.29) is 0 Å². The normalized spacial score (nSPS) is 13.0. The fourth-order valence-corrected chi connectivity index (χ4v) is 35.3. The van der Waals surface area contributed by atoms with Crippen LogP contribution < -0.4 is 47.7 Å². The fraction of sp³-hybridized carbons (Fsp3) is 0. The summed E-state index contributed by atoms with van der Waals surface area (Å²) in [6, 6.07) is 166. The summed E-state index contributed by atoms with van der Waals surface area (Å²) < 4.78 is 0. The number of rotatable bonds is 12. The zero-order chi connectivity index (χ0) is 84.3. The van der Waals surface area contributed by atoms with Gasteiger partial charge < -0.3 is 0 Å². The molecule has 9 heteroatoms. The van der Waals surface area contributed by atoms with Crippen molar-refractivity contribution < 1.29 is 0 Å². The van der Waals surface area contributed by atoms with Gasteiger partial charge in [0.05, 0.1) is 0 Å². The number of benzene rings is 21. The van der Waals surface area contributed by atoms with Crippen molar-refractivity contribution in [1.29, 1.82) is 0 Å². The molecule has 0 saturated heterocycles. The zero-order valence-electron chi connectivity index (χ0n) is 68.4. The summed E-state index contributed by atoms with van der Waals surface area (Å²) in [5.41, 5.74) is 4.29. The molecule has 3 atom stereocenters. The summed E-state index contributed by atoms with van der Waals surface area (Å²) in [4.78, 5) is 14.5. The molecule has 0 aliphatic carbocycles. The Morgan fingerprint density at radius 1 is 0.175 bits per heavy atom. The molecule has 0 fully saturated rings. The van der Waals surface area contributed by atoms with E-state index in [1.54, 1.807) is 0 Å². The third-order valence-electron chi connectivity index (χ3n) is 25.1. The zero-order valence-corrected chi connectivity index (χ0v) is 76.3. The molecular formula is C117H78N3P3Se3. The van der Waals surface area contributed by atoms with Crippen LogP contribution in [0.5, 0.6) is 0 Å². The molecule has 24 aromatic rings. The fourth-order valence-electron chi connectivity index (χ4n) is 19.1. The number of pyridine rings is 3. The Labute approximate surface area is 754 Å². The van der Waals surface area contributed by atoms with Crippen molar-refractivity contribution in [1.82, 2.24) is 15.0 Å². The molecule has 126 heavy (non-hydrogen) atoms. The Hall–Kier alpha value is -13.0. The second-order valence-electron chi connectivity index (χ2n) is 32.1. The van der Waals surface area contributed by atoms with Gasteiger partial charge in [0.1, 0.15) is 0 Å². The molecule has 0 N–H and O–H groups in total. The van der Waals surface area contributed by atoms with E-state index in [1.807, 2.05) is 36.8 Å². The van der Waals surface area contributed by atoms with E-state index in [9.17, 15) is 0 Å². The summed E-state index contributed by atoms with van der Waals surface area (Å²) in [5.74, 6) is 0. The Morgan fingerprint density at radius 3 is 0.960 bits per heavy atom. The van der Waals surface area contributed by atoms with Crippen LogP contribution in [-0.2, 0) is 0 Å². The Balaban J connectivity index is 0.000000112. The Kier molecular flexibility index (Phi) is 21.0. The van der Waals surface area contributed by atoms with Gasteiger partial charge in [-0.25, -0.2) is 0 Å². The van der Waals surface area contributed by atoms with Crippen LogP contribution in [0.25, 0.3) is 163 Å². The monoisotopic (exact) mass is 1860 g/mol. The minimum atomic E-state index is -2.05. The predicted molar refractivity (Wildman–Crippen MR) is 552 cm³/mol. The van der Waals surface area contributed by atoms with Crippen molar-refractivity contribution in [3.8, 4) is 33.4 Å². The minimum absolute atomic E-state index is 1.02. The average molecular weight is 1860 g/mol. The molecule has 0 aliphatic heterocycles. The van der Waals surface area contributed by atoms with Crippen LogP contribution in [0.2, 0.25) is 0 Å². The SMILES string of the molecule is [Se]=P(c1ccccc1)(c1ccc(-c2c3cccnc3cc3c2ccc2ccccc23)cc1)c1cccc2ccccc12.[Se]=P(c1ccccc1)(c1ccc(-c2cc3c4ccccc4ccc3c3ncccc23)cc1)c1cccc2ccccc12.[Se]=P(c1ccccc1)(c1ccc(-c2cc3cccnc3c3c2ccc2ccccc23)cc1)c1cccc2ccccc12. The quantitative estimate of drug-likeness (QED) is 0.0530. The van der Waals surface area contributed by atoms with Gasteiger partial charge in [0.2, 0.25) is 0 Å². The second-order valence-corrected chi connectivity index (χ2v) is 50.6. The van der Waals surface area contributed by atoms with Crippen LogP contribution in [0.1, 0.15) is 0 Å². The van der Waals surface area contributed by atoms with E-state index in [4.69, 9.17) is 15.0 Å². The molecule has 3 heterocycles. The molecule has 21 aromatic carbocycles. The number of hydrogen-bond acceptors (Lipinski definition) is 3. The van der Waals surface area contributed by atoms with Gasteiger partial charge in [-0.05, 0) is 0 Å². The molecule has 0 aliphatic rings. The molecule has 0 bridgehead atoms. The molecular weight excluding hydrogens is 1780 g/mol. The van der Waals surface area contributed by atoms with Crippen LogP contribution >= 0.6 is 16.5 Å². The van der Waals surface area contributed by atoms with Gasteiger partial charge >= 0.3 is 761 Å². The summed E-state index contributed by atoms with van der Waals surface area (Å²) in [6.07, 6.45) is 5.69. The van der Waals surface area contributed by atoms with Crippen molar-refractivity contribution in [3.05, 3.63) is 474 Å². The first kappa shape index (κ1) is 79.0. The van der Waals surface area contributed by atoms with Crippen molar-refractivity contribution >= 4 is 239 Å². The number of aromatic nitrogens is 3. The van der Waals surface area contributed by atoms with Gasteiger partial charge in [-0.2, -0.15) is 0 Å². The third-order valence-corrected chi connectivity index (χ3v) is 46.1. The molecule has 3 unspecified atom stereocenters. The maximum atomic E-state index is 4.87. The predicted octanol–water partition coefficient (Wildman–Crippen LogP) is 26.2. The van der Waals surface area contributed by atoms with Crippen LogP contribution in [-0.4, -0.2) is 60.2 Å². The molecule has 0 radical (unpaired) electrons. The van der Waals surface area contributed by atoms with E-state index in [0.717, 1.165) is 21.9 Å². The summed E-state index contributed by atoms with van der Waals surface area (Å²) in [7, 11) is 0. The molecule has 3 aromatic heterocycles. The maximum absolute atomic E-state index is 4.87. The van der Waals surface area contributed by atoms with E-state index in [1.165, 1.54) is 189 Å². The number of fused-ring (bicyclic) bond motifs is 17. The molecule has 0 spiro atoms. The summed E-state index contributed by atoms with van der Waals surface area (Å²) in [6.45, 7) is 0. The first-order valence-corrected chi connectivity index (χ1v) is 54.5. The number of hydrogen-bond donors (Lipinski definition) is 0. The van der Waals surface area contributed by atoms with Gasteiger partial charge in [-0.3, -0.25) is 0 Å². The van der Waals surface area contributed by atoms with Crippen molar-refractivity contribution in [2.45, 2.75) is 0 Å². The van der Waals surface area contributed by atoms with Crippen LogP contribution in [0, 0.1) is 0 Å². The average Bonchev–Trinajstić information content (AvgIpc) is 0.746. The second kappa shape index (κ2) is 33.5. The third kappa shape index (κ3) is 13.9. The summed E-state index contributed by atoms with van der Waals surface area (Å²) >= 11 is 11.3. The van der Waals surface area contributed by atoms with E-state index in [2.05, 4.69) is 482 Å². The van der Waals surface area contributed by atoms with Gasteiger partial charge in [-0.1, -0.05) is 0 Å². The van der Waals surface area contributed by atoms with Gasteiger partial charge in [0, 0.05) is 0 Å². The van der Waals surface area contributed by atoms with Crippen molar-refractivity contribution in [3.63, 3.8) is 0 Å². The molecule has 0 amide bonds. The van der Waals surface area contributed by atoms with Crippen molar-refractivity contribution in [2.24, 2.45) is 0 Å². The van der Waals surface area contributed by atoms with E-state index < -0.39 is 16.5 Å². The van der Waals surface area contributed by atoms with Gasteiger partial charge in [0.15, 0.2) is 0 Å². The Bertz CT molecular complexity index is 8300. The summed E-state index contributed by atoms with van der Waals surface area (Å²) in [5, 5.41) is 38.2. The van der Waals surface area contributed by atoms with Crippen LogP contribution in [0.15, 0.2) is 474 Å². The van der Waals surface area contributed by atoms with E-state index in [0.29, 0.717) is 0 Å². The molecule has 24 rings (SSSR count). The molecule has 594 valence electrons. The molecule has 3 nitrogen and oxygen atoms in total. The molecule has 0 saturated carbocycles. The first-order valence-electron chi connectivity index (χ1n) is 42.5. The van der Waals surface area contributed by atoms with E-state index >= 15 is 0 Å².